The number of nitro groups is 1. The molecule has 2 aromatic carbocycles. The van der Waals surface area contributed by atoms with Crippen LogP contribution in [0.1, 0.15) is 21.5 Å². The van der Waals surface area contributed by atoms with E-state index in [1.54, 1.807) is 19.1 Å². The predicted octanol–water partition coefficient (Wildman–Crippen LogP) is 1.48. The molecule has 0 atom stereocenters. The molecular formula is C15H15N3O5S. The van der Waals surface area contributed by atoms with Gasteiger partial charge in [-0.3, -0.25) is 14.9 Å². The zero-order chi connectivity index (χ0) is 17.9. The maximum Gasteiger partial charge on any atom is 0.269 e. The van der Waals surface area contributed by atoms with E-state index < -0.39 is 14.9 Å². The highest BCUT2D eigenvalue weighted by Gasteiger charge is 2.13. The fourth-order valence-electron chi connectivity index (χ4n) is 2.09. The van der Waals surface area contributed by atoms with E-state index in [4.69, 9.17) is 5.14 Å². The highest BCUT2D eigenvalue weighted by atomic mass is 32.2. The highest BCUT2D eigenvalue weighted by molar-refractivity contribution is 7.89. The van der Waals surface area contributed by atoms with Crippen molar-refractivity contribution in [3.8, 4) is 0 Å². The molecule has 0 spiro atoms. The number of hydrogen-bond donors (Lipinski definition) is 2. The van der Waals surface area contributed by atoms with Gasteiger partial charge in [0.05, 0.1) is 9.82 Å². The predicted molar refractivity (Wildman–Crippen MR) is 86.8 cm³/mol. The first kappa shape index (κ1) is 17.6. The zero-order valence-corrected chi connectivity index (χ0v) is 13.5. The second-order valence-corrected chi connectivity index (χ2v) is 6.69. The van der Waals surface area contributed by atoms with Crippen molar-refractivity contribution in [2.24, 2.45) is 5.14 Å². The maximum absolute atomic E-state index is 12.1. The van der Waals surface area contributed by atoms with Crippen molar-refractivity contribution >= 4 is 21.6 Å². The summed E-state index contributed by atoms with van der Waals surface area (Å²) >= 11 is 0. The summed E-state index contributed by atoms with van der Waals surface area (Å²) in [4.78, 5) is 22.3. The molecule has 0 aliphatic heterocycles. The van der Waals surface area contributed by atoms with Crippen LogP contribution in [0.25, 0.3) is 0 Å². The first-order valence-electron chi connectivity index (χ1n) is 6.83. The Morgan fingerprint density at radius 3 is 2.33 bits per heavy atom. The van der Waals surface area contributed by atoms with E-state index in [1.165, 1.54) is 30.3 Å². The number of amides is 1. The van der Waals surface area contributed by atoms with Gasteiger partial charge in [-0.15, -0.1) is 0 Å². The molecule has 9 heteroatoms. The Balaban J connectivity index is 2.07. The number of carbonyl (C=O) groups excluding carboxylic acids is 1. The summed E-state index contributed by atoms with van der Waals surface area (Å²) in [5, 5.41) is 18.4. The van der Waals surface area contributed by atoms with Gasteiger partial charge in [-0.05, 0) is 36.2 Å². The van der Waals surface area contributed by atoms with E-state index in [-0.39, 0.29) is 23.0 Å². The molecule has 0 saturated carbocycles. The fourth-order valence-corrected chi connectivity index (χ4v) is 2.61. The number of benzene rings is 2. The van der Waals surface area contributed by atoms with Crippen molar-refractivity contribution in [2.75, 3.05) is 0 Å². The van der Waals surface area contributed by atoms with Gasteiger partial charge in [0.1, 0.15) is 0 Å². The van der Waals surface area contributed by atoms with Crippen molar-refractivity contribution in [1.82, 2.24) is 5.32 Å². The Kier molecular flexibility index (Phi) is 4.96. The van der Waals surface area contributed by atoms with Crippen LogP contribution in [0.15, 0.2) is 47.4 Å². The maximum atomic E-state index is 12.1. The van der Waals surface area contributed by atoms with Gasteiger partial charge in [0.2, 0.25) is 10.0 Å². The molecule has 3 N–H and O–H groups in total. The summed E-state index contributed by atoms with van der Waals surface area (Å²) < 4.78 is 22.3. The standard InChI is InChI=1S/C15H15N3O5S/c1-10-8-12(18(20)21)4-7-14(10)15(19)17-9-11-2-5-13(6-3-11)24(16,22)23/h2-8H,9H2,1H3,(H,17,19)(H2,16,22,23). The molecule has 0 aliphatic carbocycles. The first-order valence-corrected chi connectivity index (χ1v) is 8.38. The number of carbonyl (C=O) groups is 1. The minimum atomic E-state index is -3.75. The zero-order valence-electron chi connectivity index (χ0n) is 12.7. The van der Waals surface area contributed by atoms with Crippen molar-refractivity contribution in [3.63, 3.8) is 0 Å². The molecule has 0 bridgehead atoms. The number of nitrogens with two attached hydrogens (primary N) is 1. The molecular weight excluding hydrogens is 334 g/mol. The van der Waals surface area contributed by atoms with Gasteiger partial charge in [-0.2, -0.15) is 0 Å². The third kappa shape index (κ3) is 4.15. The van der Waals surface area contributed by atoms with E-state index in [0.717, 1.165) is 0 Å². The van der Waals surface area contributed by atoms with E-state index >= 15 is 0 Å². The summed E-state index contributed by atoms with van der Waals surface area (Å²) in [5.41, 5.74) is 1.44. The fraction of sp³-hybridized carbons (Fsp3) is 0.133. The van der Waals surface area contributed by atoms with Crippen LogP contribution in [0.3, 0.4) is 0 Å². The molecule has 0 aromatic heterocycles. The first-order chi connectivity index (χ1) is 11.2. The highest BCUT2D eigenvalue weighted by Crippen LogP contribution is 2.17. The normalized spacial score (nSPS) is 11.1. The average molecular weight is 349 g/mol. The van der Waals surface area contributed by atoms with Gasteiger partial charge < -0.3 is 5.32 Å². The van der Waals surface area contributed by atoms with Gasteiger partial charge in [-0.1, -0.05) is 12.1 Å². The number of nitro benzene ring substituents is 1. The number of non-ortho nitro benzene ring substituents is 1. The summed E-state index contributed by atoms with van der Waals surface area (Å²) in [6.07, 6.45) is 0. The minimum absolute atomic E-state index is 0.0104. The van der Waals surface area contributed by atoms with E-state index in [1.807, 2.05) is 0 Å². The quantitative estimate of drug-likeness (QED) is 0.623. The van der Waals surface area contributed by atoms with Crippen LogP contribution in [0, 0.1) is 17.0 Å². The molecule has 2 aromatic rings. The van der Waals surface area contributed by atoms with Crippen LogP contribution in [-0.4, -0.2) is 19.2 Å². The molecule has 0 heterocycles. The second kappa shape index (κ2) is 6.77. The number of hydrogen-bond acceptors (Lipinski definition) is 5. The number of nitrogens with zero attached hydrogens (tertiary/aromatic N) is 1. The van der Waals surface area contributed by atoms with Gasteiger partial charge in [0.15, 0.2) is 0 Å². The van der Waals surface area contributed by atoms with E-state index in [9.17, 15) is 23.3 Å². The summed E-state index contributed by atoms with van der Waals surface area (Å²) in [6.45, 7) is 1.79. The van der Waals surface area contributed by atoms with Crippen LogP contribution >= 0.6 is 0 Å². The summed E-state index contributed by atoms with van der Waals surface area (Å²) in [7, 11) is -3.75. The number of sulfonamides is 1. The lowest BCUT2D eigenvalue weighted by Gasteiger charge is -2.08. The van der Waals surface area contributed by atoms with Crippen LogP contribution in [0.4, 0.5) is 5.69 Å². The molecule has 0 saturated heterocycles. The monoisotopic (exact) mass is 349 g/mol. The smallest absolute Gasteiger partial charge is 0.269 e. The lowest BCUT2D eigenvalue weighted by atomic mass is 10.1. The SMILES string of the molecule is Cc1cc([N+](=O)[O-])ccc1C(=O)NCc1ccc(S(N)(=O)=O)cc1. The molecule has 0 fully saturated rings. The number of rotatable bonds is 5. The number of aryl methyl sites for hydroxylation is 1. The lowest BCUT2D eigenvalue weighted by molar-refractivity contribution is -0.384. The van der Waals surface area contributed by atoms with Gasteiger partial charge in [0.25, 0.3) is 11.6 Å². The number of primary sulfonamides is 1. The Labute approximate surface area is 138 Å². The molecule has 2 rings (SSSR count). The van der Waals surface area contributed by atoms with Crippen LogP contribution in [0.2, 0.25) is 0 Å². The topological polar surface area (TPSA) is 132 Å². The van der Waals surface area contributed by atoms with Gasteiger partial charge in [0, 0.05) is 24.2 Å². The largest absolute Gasteiger partial charge is 0.348 e. The second-order valence-electron chi connectivity index (χ2n) is 5.13. The van der Waals surface area contributed by atoms with Crippen LogP contribution in [-0.2, 0) is 16.6 Å². The summed E-state index contributed by atoms with van der Waals surface area (Å²) in [5.74, 6) is -0.377. The Morgan fingerprint density at radius 1 is 1.21 bits per heavy atom. The molecule has 1 amide bonds. The third-order valence-corrected chi connectivity index (χ3v) is 4.30. The lowest BCUT2D eigenvalue weighted by Crippen LogP contribution is -2.23. The molecule has 126 valence electrons. The third-order valence-electron chi connectivity index (χ3n) is 3.37. The Morgan fingerprint density at radius 2 is 1.83 bits per heavy atom. The molecule has 0 radical (unpaired) electrons. The minimum Gasteiger partial charge on any atom is -0.348 e. The molecule has 0 unspecified atom stereocenters. The van der Waals surface area contributed by atoms with Crippen LogP contribution < -0.4 is 10.5 Å². The van der Waals surface area contributed by atoms with Crippen molar-refractivity contribution in [2.45, 2.75) is 18.4 Å². The van der Waals surface area contributed by atoms with Crippen LogP contribution in [0.5, 0.6) is 0 Å². The summed E-state index contributed by atoms with van der Waals surface area (Å²) in [6, 6.07) is 9.79. The van der Waals surface area contributed by atoms with Gasteiger partial charge in [-0.25, -0.2) is 13.6 Å². The number of nitrogens with one attached hydrogen (secondary N) is 1. The van der Waals surface area contributed by atoms with Crippen molar-refractivity contribution in [3.05, 3.63) is 69.3 Å². The Bertz CT molecular complexity index is 892. The van der Waals surface area contributed by atoms with E-state index in [0.29, 0.717) is 16.7 Å². The van der Waals surface area contributed by atoms with E-state index in [2.05, 4.69) is 5.32 Å². The Hall–Kier alpha value is -2.78. The molecule has 24 heavy (non-hydrogen) atoms. The van der Waals surface area contributed by atoms with Gasteiger partial charge >= 0.3 is 0 Å². The molecule has 0 aliphatic rings. The van der Waals surface area contributed by atoms with Crippen molar-refractivity contribution in [1.29, 1.82) is 0 Å². The van der Waals surface area contributed by atoms with Crippen molar-refractivity contribution < 1.29 is 18.1 Å². The molecule has 8 nitrogen and oxygen atoms in total. The average Bonchev–Trinajstić information content (AvgIpc) is 2.52.